The van der Waals surface area contributed by atoms with Crippen molar-refractivity contribution in [3.8, 4) is 0 Å². The maximum Gasteiger partial charge on any atom is 0.393 e. The van der Waals surface area contributed by atoms with E-state index in [-0.39, 0.29) is 11.5 Å². The Hall–Kier alpha value is -2.31. The summed E-state index contributed by atoms with van der Waals surface area (Å²) < 4.78 is 36.6. The van der Waals surface area contributed by atoms with Crippen molar-refractivity contribution < 1.29 is 18.0 Å². The number of aliphatic imine (C=N–C) groups is 1. The van der Waals surface area contributed by atoms with Crippen molar-refractivity contribution in [3.05, 3.63) is 41.5 Å². The molecule has 0 fully saturated rings. The van der Waals surface area contributed by atoms with Crippen LogP contribution in [-0.4, -0.2) is 18.0 Å². The van der Waals surface area contributed by atoms with Crippen LogP contribution >= 0.6 is 0 Å². The van der Waals surface area contributed by atoms with Crippen molar-refractivity contribution >= 4 is 17.9 Å². The summed E-state index contributed by atoms with van der Waals surface area (Å²) in [6, 6.07) is 5.75. The molecule has 1 aromatic rings. The molecule has 102 valence electrons. The minimum absolute atomic E-state index is 0.115. The number of benzene rings is 1. The second-order valence-electron chi connectivity index (χ2n) is 3.75. The minimum atomic E-state index is -4.27. The largest absolute Gasteiger partial charge is 0.393 e. The first-order valence-corrected chi connectivity index (χ1v) is 5.23. The molecule has 0 heterocycles. The molecule has 1 aromatic carbocycles. The summed E-state index contributed by atoms with van der Waals surface area (Å²) in [5.41, 5.74) is 10.6. The molecule has 7 heteroatoms. The second kappa shape index (κ2) is 6.03. The molecule has 0 radical (unpaired) electrons. The molecule has 1 rings (SSSR count). The standard InChI is InChI=1S/C12H12F3N3O/c13-12(14,15)7-9-3-1-2-8(6-9)4-5-10(19)18-11(16)17/h1-6H,7H2,(H4,16,17,18,19)/b5-4+. The van der Waals surface area contributed by atoms with Gasteiger partial charge in [0.1, 0.15) is 0 Å². The monoisotopic (exact) mass is 271 g/mol. The average molecular weight is 271 g/mol. The molecule has 0 spiro atoms. The summed E-state index contributed by atoms with van der Waals surface area (Å²) in [4.78, 5) is 14.4. The number of carbonyl (C=O) groups is 1. The summed E-state index contributed by atoms with van der Waals surface area (Å²) in [7, 11) is 0. The molecule has 0 bridgehead atoms. The van der Waals surface area contributed by atoms with E-state index in [1.54, 1.807) is 6.07 Å². The minimum Gasteiger partial charge on any atom is -0.370 e. The fraction of sp³-hybridized carbons (Fsp3) is 0.167. The van der Waals surface area contributed by atoms with E-state index in [1.807, 2.05) is 0 Å². The Balaban J connectivity index is 2.80. The molecule has 4 N–H and O–H groups in total. The molecule has 0 unspecified atom stereocenters. The van der Waals surface area contributed by atoms with E-state index in [1.165, 1.54) is 24.3 Å². The number of hydrogen-bond acceptors (Lipinski definition) is 1. The highest BCUT2D eigenvalue weighted by Gasteiger charge is 2.27. The number of rotatable bonds is 3. The van der Waals surface area contributed by atoms with Gasteiger partial charge < -0.3 is 11.5 Å². The van der Waals surface area contributed by atoms with Gasteiger partial charge in [-0.05, 0) is 17.2 Å². The Morgan fingerprint density at radius 3 is 2.58 bits per heavy atom. The van der Waals surface area contributed by atoms with Crippen LogP contribution in [0.25, 0.3) is 6.08 Å². The van der Waals surface area contributed by atoms with Crippen molar-refractivity contribution in [2.24, 2.45) is 16.5 Å². The number of alkyl halides is 3. The molecule has 0 atom stereocenters. The summed E-state index contributed by atoms with van der Waals surface area (Å²) in [6.07, 6.45) is -2.87. The number of nitrogens with two attached hydrogens (primary N) is 2. The van der Waals surface area contributed by atoms with E-state index in [0.717, 1.165) is 6.08 Å². The molecule has 0 aliphatic rings. The first kappa shape index (κ1) is 14.7. The Morgan fingerprint density at radius 1 is 1.32 bits per heavy atom. The SMILES string of the molecule is NC(N)=NC(=O)/C=C/c1cccc(CC(F)(F)F)c1. The zero-order chi connectivity index (χ0) is 14.5. The average Bonchev–Trinajstić information content (AvgIpc) is 2.23. The first-order chi connectivity index (χ1) is 8.76. The lowest BCUT2D eigenvalue weighted by Crippen LogP contribution is -2.23. The van der Waals surface area contributed by atoms with Crippen LogP contribution < -0.4 is 11.5 Å². The predicted molar refractivity (Wildman–Crippen MR) is 66.1 cm³/mol. The van der Waals surface area contributed by atoms with E-state index in [4.69, 9.17) is 11.5 Å². The van der Waals surface area contributed by atoms with E-state index in [2.05, 4.69) is 4.99 Å². The molecule has 0 aromatic heterocycles. The Morgan fingerprint density at radius 2 is 2.00 bits per heavy atom. The van der Waals surface area contributed by atoms with E-state index in [0.29, 0.717) is 5.56 Å². The fourth-order valence-corrected chi connectivity index (χ4v) is 1.37. The van der Waals surface area contributed by atoms with Crippen LogP contribution in [0.15, 0.2) is 35.3 Å². The molecule has 1 amide bonds. The van der Waals surface area contributed by atoms with Gasteiger partial charge in [0.2, 0.25) is 0 Å². The Labute approximate surface area is 107 Å². The van der Waals surface area contributed by atoms with E-state index >= 15 is 0 Å². The number of carbonyl (C=O) groups excluding carboxylic acids is 1. The maximum atomic E-state index is 12.2. The lowest BCUT2D eigenvalue weighted by molar-refractivity contribution is -0.127. The van der Waals surface area contributed by atoms with Crippen LogP contribution in [0.2, 0.25) is 0 Å². The van der Waals surface area contributed by atoms with Crippen molar-refractivity contribution in [1.29, 1.82) is 0 Å². The van der Waals surface area contributed by atoms with Crippen LogP contribution in [0.4, 0.5) is 13.2 Å². The van der Waals surface area contributed by atoms with Gasteiger partial charge in [0.05, 0.1) is 6.42 Å². The quantitative estimate of drug-likeness (QED) is 0.498. The normalized spacial score (nSPS) is 11.5. The summed E-state index contributed by atoms with van der Waals surface area (Å²) in [6.45, 7) is 0. The smallest absolute Gasteiger partial charge is 0.370 e. The van der Waals surface area contributed by atoms with Crippen LogP contribution in [0, 0.1) is 0 Å². The Bertz CT molecular complexity index is 517. The lowest BCUT2D eigenvalue weighted by Gasteiger charge is -2.06. The lowest BCUT2D eigenvalue weighted by atomic mass is 10.1. The number of halogens is 3. The topological polar surface area (TPSA) is 81.5 Å². The highest BCUT2D eigenvalue weighted by molar-refractivity contribution is 5.99. The summed E-state index contributed by atoms with van der Waals surface area (Å²) in [5, 5.41) is 0. The highest BCUT2D eigenvalue weighted by Crippen LogP contribution is 2.21. The van der Waals surface area contributed by atoms with Gasteiger partial charge in [-0.3, -0.25) is 4.79 Å². The van der Waals surface area contributed by atoms with Crippen LogP contribution in [0.3, 0.4) is 0 Å². The summed E-state index contributed by atoms with van der Waals surface area (Å²) in [5.74, 6) is -1.05. The van der Waals surface area contributed by atoms with Gasteiger partial charge in [0.25, 0.3) is 5.91 Å². The second-order valence-corrected chi connectivity index (χ2v) is 3.75. The molecule has 0 saturated heterocycles. The van der Waals surface area contributed by atoms with Gasteiger partial charge >= 0.3 is 6.18 Å². The summed E-state index contributed by atoms with van der Waals surface area (Å²) >= 11 is 0. The number of guanidine groups is 1. The third-order valence-corrected chi connectivity index (χ3v) is 2.01. The van der Waals surface area contributed by atoms with E-state index in [9.17, 15) is 18.0 Å². The van der Waals surface area contributed by atoms with Gasteiger partial charge in [-0.1, -0.05) is 24.3 Å². The van der Waals surface area contributed by atoms with Crippen LogP contribution in [-0.2, 0) is 11.2 Å². The van der Waals surface area contributed by atoms with Crippen LogP contribution in [0.1, 0.15) is 11.1 Å². The molecular formula is C12H12F3N3O. The van der Waals surface area contributed by atoms with Gasteiger partial charge in [-0.25, -0.2) is 0 Å². The molecule has 0 aliphatic carbocycles. The number of hydrogen-bond donors (Lipinski definition) is 2. The third kappa shape index (κ3) is 6.25. The number of nitrogens with zero attached hydrogens (tertiary/aromatic N) is 1. The molecule has 19 heavy (non-hydrogen) atoms. The predicted octanol–water partition coefficient (Wildman–Crippen LogP) is 1.60. The number of amides is 1. The highest BCUT2D eigenvalue weighted by atomic mass is 19.4. The van der Waals surface area contributed by atoms with Gasteiger partial charge in [0, 0.05) is 6.08 Å². The third-order valence-electron chi connectivity index (χ3n) is 2.01. The molecule has 0 saturated carbocycles. The van der Waals surface area contributed by atoms with Gasteiger partial charge in [-0.2, -0.15) is 18.2 Å². The van der Waals surface area contributed by atoms with Gasteiger partial charge in [0.15, 0.2) is 5.96 Å². The zero-order valence-electron chi connectivity index (χ0n) is 9.82. The van der Waals surface area contributed by atoms with Crippen molar-refractivity contribution in [2.75, 3.05) is 0 Å². The van der Waals surface area contributed by atoms with Crippen LogP contribution in [0.5, 0.6) is 0 Å². The maximum absolute atomic E-state index is 12.2. The molecule has 4 nitrogen and oxygen atoms in total. The zero-order valence-corrected chi connectivity index (χ0v) is 9.82. The van der Waals surface area contributed by atoms with Crippen molar-refractivity contribution in [2.45, 2.75) is 12.6 Å². The molecular weight excluding hydrogens is 259 g/mol. The molecule has 0 aliphatic heterocycles. The van der Waals surface area contributed by atoms with Gasteiger partial charge in [-0.15, -0.1) is 0 Å². The van der Waals surface area contributed by atoms with E-state index < -0.39 is 18.5 Å². The fourth-order valence-electron chi connectivity index (χ4n) is 1.37. The van der Waals surface area contributed by atoms with Crippen molar-refractivity contribution in [3.63, 3.8) is 0 Å². The first-order valence-electron chi connectivity index (χ1n) is 5.23. The van der Waals surface area contributed by atoms with Crippen molar-refractivity contribution in [1.82, 2.24) is 0 Å². The Kier molecular flexibility index (Phi) is 4.68.